The summed E-state index contributed by atoms with van der Waals surface area (Å²) >= 11 is 0. The highest BCUT2D eigenvalue weighted by Gasteiger charge is 2.30. The summed E-state index contributed by atoms with van der Waals surface area (Å²) in [5.41, 5.74) is -0.0437. The van der Waals surface area contributed by atoms with Crippen LogP contribution in [0.1, 0.15) is 18.1 Å². The Bertz CT molecular complexity index is 803. The highest BCUT2D eigenvalue weighted by Crippen LogP contribution is 2.29. The quantitative estimate of drug-likeness (QED) is 0.773. The summed E-state index contributed by atoms with van der Waals surface area (Å²) in [5, 5.41) is 2.40. The highest BCUT2D eigenvalue weighted by atomic mass is 19.4. The number of amides is 1. The van der Waals surface area contributed by atoms with Gasteiger partial charge in [0.05, 0.1) is 19.1 Å². The molecule has 1 N–H and O–H groups in total. The first-order valence-corrected chi connectivity index (χ1v) is 8.00. The molecule has 0 spiro atoms. The second kappa shape index (κ2) is 8.57. The topological polar surface area (TPSA) is 64.6 Å². The van der Waals surface area contributed by atoms with Gasteiger partial charge in [0.25, 0.3) is 5.91 Å². The Morgan fingerprint density at radius 1 is 1.07 bits per heavy atom. The Morgan fingerprint density at radius 2 is 1.70 bits per heavy atom. The molecule has 0 saturated carbocycles. The molecule has 0 radical (unpaired) electrons. The van der Waals surface area contributed by atoms with Gasteiger partial charge in [-0.25, -0.2) is 0 Å². The Balaban J connectivity index is 1.92. The van der Waals surface area contributed by atoms with Gasteiger partial charge in [0.1, 0.15) is 5.75 Å². The molecule has 0 bridgehead atoms. The average molecular weight is 381 g/mol. The van der Waals surface area contributed by atoms with Crippen LogP contribution in [-0.4, -0.2) is 25.1 Å². The first-order chi connectivity index (χ1) is 12.7. The first kappa shape index (κ1) is 20.3. The van der Waals surface area contributed by atoms with E-state index in [1.54, 1.807) is 24.3 Å². The van der Waals surface area contributed by atoms with Crippen LogP contribution in [0.2, 0.25) is 0 Å². The molecule has 0 saturated heterocycles. The Kier molecular flexibility index (Phi) is 6.44. The molecule has 5 nitrogen and oxygen atoms in total. The van der Waals surface area contributed by atoms with E-state index in [0.29, 0.717) is 11.3 Å². The molecule has 0 heterocycles. The average Bonchev–Trinajstić information content (AvgIpc) is 2.61. The number of ether oxygens (including phenoxy) is 2. The molecule has 0 aliphatic carbocycles. The first-order valence-electron chi connectivity index (χ1n) is 8.00. The van der Waals surface area contributed by atoms with Crippen molar-refractivity contribution >= 4 is 17.6 Å². The highest BCUT2D eigenvalue weighted by molar-refractivity contribution is 5.95. The molecule has 0 unspecified atom stereocenters. The van der Waals surface area contributed by atoms with E-state index in [0.717, 1.165) is 24.3 Å². The Morgan fingerprint density at radius 3 is 2.30 bits per heavy atom. The van der Waals surface area contributed by atoms with Crippen LogP contribution >= 0.6 is 0 Å². The monoisotopic (exact) mass is 381 g/mol. The maximum atomic E-state index is 12.5. The summed E-state index contributed by atoms with van der Waals surface area (Å²) in [6.07, 6.45) is -5.65. The number of alkyl halides is 3. The molecule has 2 rings (SSSR count). The van der Waals surface area contributed by atoms with E-state index < -0.39 is 29.7 Å². The number of halogens is 3. The zero-order valence-electron chi connectivity index (χ0n) is 14.7. The van der Waals surface area contributed by atoms with Crippen molar-refractivity contribution in [2.75, 3.05) is 12.4 Å². The molecule has 144 valence electrons. The predicted octanol–water partition coefficient (Wildman–Crippen LogP) is 3.83. The molecular weight excluding hydrogens is 363 g/mol. The van der Waals surface area contributed by atoms with E-state index in [4.69, 9.17) is 9.47 Å². The Hall–Kier alpha value is -3.03. The second-order valence-electron chi connectivity index (χ2n) is 5.69. The predicted molar refractivity (Wildman–Crippen MR) is 92.3 cm³/mol. The van der Waals surface area contributed by atoms with Crippen LogP contribution in [0.4, 0.5) is 18.9 Å². The van der Waals surface area contributed by atoms with Crippen LogP contribution in [-0.2, 0) is 26.9 Å². The van der Waals surface area contributed by atoms with Crippen molar-refractivity contribution in [2.24, 2.45) is 0 Å². The SMILES string of the molecule is COc1ccccc1CC(=O)O[C@H](C)C(=O)Nc1ccc(C(F)(F)F)cc1. The van der Waals surface area contributed by atoms with E-state index in [-0.39, 0.29) is 12.1 Å². The molecule has 8 heteroatoms. The van der Waals surface area contributed by atoms with Crippen LogP contribution < -0.4 is 10.1 Å². The van der Waals surface area contributed by atoms with Gasteiger partial charge in [0.15, 0.2) is 6.10 Å². The van der Waals surface area contributed by atoms with Crippen molar-refractivity contribution in [2.45, 2.75) is 25.6 Å². The summed E-state index contributed by atoms with van der Waals surface area (Å²) in [6.45, 7) is 1.37. The van der Waals surface area contributed by atoms with Crippen molar-refractivity contribution in [3.05, 3.63) is 59.7 Å². The van der Waals surface area contributed by atoms with Crippen LogP contribution in [0.25, 0.3) is 0 Å². The number of anilines is 1. The maximum Gasteiger partial charge on any atom is 0.416 e. The second-order valence-corrected chi connectivity index (χ2v) is 5.69. The third kappa shape index (κ3) is 5.73. The molecule has 2 aromatic rings. The number of nitrogens with one attached hydrogen (secondary N) is 1. The number of hydrogen-bond acceptors (Lipinski definition) is 4. The van der Waals surface area contributed by atoms with Crippen molar-refractivity contribution < 1.29 is 32.2 Å². The third-order valence-electron chi connectivity index (χ3n) is 3.68. The lowest BCUT2D eigenvalue weighted by atomic mass is 10.1. The molecule has 27 heavy (non-hydrogen) atoms. The molecule has 0 aliphatic heterocycles. The lowest BCUT2D eigenvalue weighted by molar-refractivity contribution is -0.152. The molecule has 1 atom stereocenters. The summed E-state index contributed by atoms with van der Waals surface area (Å²) in [7, 11) is 1.48. The number of rotatable bonds is 6. The summed E-state index contributed by atoms with van der Waals surface area (Å²) < 4.78 is 47.8. The Labute approximate surface area is 154 Å². The molecule has 0 aliphatic rings. The van der Waals surface area contributed by atoms with Gasteiger partial charge in [-0.15, -0.1) is 0 Å². The van der Waals surface area contributed by atoms with Gasteiger partial charge in [0.2, 0.25) is 0 Å². The van der Waals surface area contributed by atoms with Crippen molar-refractivity contribution in [1.82, 2.24) is 0 Å². The number of hydrogen-bond donors (Lipinski definition) is 1. The van der Waals surface area contributed by atoms with E-state index in [1.165, 1.54) is 14.0 Å². The zero-order chi connectivity index (χ0) is 20.0. The molecule has 0 aromatic heterocycles. The number of carbonyl (C=O) groups excluding carboxylic acids is 2. The number of benzene rings is 2. The van der Waals surface area contributed by atoms with Gasteiger partial charge < -0.3 is 14.8 Å². The minimum absolute atomic E-state index is 0.0814. The number of esters is 1. The van der Waals surface area contributed by atoms with Crippen LogP contribution in [0.5, 0.6) is 5.75 Å². The standard InChI is InChI=1S/C19H18F3NO4/c1-12(27-17(24)11-13-5-3-4-6-16(13)26-2)18(25)23-15-9-7-14(8-10-15)19(20,21)22/h3-10,12H,11H2,1-2H3,(H,23,25)/t12-/m1/s1. The summed E-state index contributed by atoms with van der Waals surface area (Å²) in [6, 6.07) is 10.9. The van der Waals surface area contributed by atoms with E-state index in [9.17, 15) is 22.8 Å². The third-order valence-corrected chi connectivity index (χ3v) is 3.68. The van der Waals surface area contributed by atoms with Crippen LogP contribution in [0, 0.1) is 0 Å². The van der Waals surface area contributed by atoms with Gasteiger partial charge in [-0.2, -0.15) is 13.2 Å². The fourth-order valence-corrected chi connectivity index (χ4v) is 2.28. The fraction of sp³-hybridized carbons (Fsp3) is 0.263. The minimum atomic E-state index is -4.45. The van der Waals surface area contributed by atoms with Crippen molar-refractivity contribution in [3.63, 3.8) is 0 Å². The van der Waals surface area contributed by atoms with Gasteiger partial charge in [-0.1, -0.05) is 18.2 Å². The largest absolute Gasteiger partial charge is 0.496 e. The fourth-order valence-electron chi connectivity index (χ4n) is 2.28. The lowest BCUT2D eigenvalue weighted by Gasteiger charge is -2.15. The van der Waals surface area contributed by atoms with Gasteiger partial charge >= 0.3 is 12.1 Å². The lowest BCUT2D eigenvalue weighted by Crippen LogP contribution is -2.30. The van der Waals surface area contributed by atoms with Gasteiger partial charge in [-0.3, -0.25) is 9.59 Å². The van der Waals surface area contributed by atoms with E-state index >= 15 is 0 Å². The summed E-state index contributed by atoms with van der Waals surface area (Å²) in [5.74, 6) is -0.756. The number of carbonyl (C=O) groups is 2. The zero-order valence-corrected chi connectivity index (χ0v) is 14.7. The number of para-hydroxylation sites is 1. The molecular formula is C19H18F3NO4. The van der Waals surface area contributed by atoms with Crippen LogP contribution in [0.3, 0.4) is 0 Å². The van der Waals surface area contributed by atoms with Gasteiger partial charge in [0, 0.05) is 11.3 Å². The summed E-state index contributed by atoms with van der Waals surface area (Å²) in [4.78, 5) is 24.1. The van der Waals surface area contributed by atoms with Crippen molar-refractivity contribution in [3.8, 4) is 5.75 Å². The normalized spacial score (nSPS) is 12.2. The van der Waals surface area contributed by atoms with E-state index in [1.807, 2.05) is 0 Å². The maximum absolute atomic E-state index is 12.5. The smallest absolute Gasteiger partial charge is 0.416 e. The molecule has 0 fully saturated rings. The van der Waals surface area contributed by atoms with Crippen molar-refractivity contribution in [1.29, 1.82) is 0 Å². The molecule has 1 amide bonds. The molecule has 2 aromatic carbocycles. The van der Waals surface area contributed by atoms with E-state index in [2.05, 4.69) is 5.32 Å². The van der Waals surface area contributed by atoms with Crippen LogP contribution in [0.15, 0.2) is 48.5 Å². The van der Waals surface area contributed by atoms with Gasteiger partial charge in [-0.05, 0) is 37.3 Å². The number of methoxy groups -OCH3 is 1. The minimum Gasteiger partial charge on any atom is -0.496 e.